The van der Waals surface area contributed by atoms with Gasteiger partial charge in [-0.2, -0.15) is 0 Å². The van der Waals surface area contributed by atoms with Crippen LogP contribution >= 0.6 is 0 Å². The van der Waals surface area contributed by atoms with Gasteiger partial charge in [0.2, 0.25) is 0 Å². The summed E-state index contributed by atoms with van der Waals surface area (Å²) in [5.74, 6) is -0.386. The monoisotopic (exact) mass is 229 g/mol. The highest BCUT2D eigenvalue weighted by Crippen LogP contribution is 2.09. The highest BCUT2D eigenvalue weighted by atomic mass is 16.3. The minimum absolute atomic E-state index is 0.126. The summed E-state index contributed by atoms with van der Waals surface area (Å²) in [6.45, 7) is 0. The van der Waals surface area contributed by atoms with Crippen molar-refractivity contribution >= 4 is 18.0 Å². The summed E-state index contributed by atoms with van der Waals surface area (Å²) in [7, 11) is 0. The Morgan fingerprint density at radius 2 is 1.94 bits per heavy atom. The van der Waals surface area contributed by atoms with Crippen LogP contribution in [0.5, 0.6) is 0 Å². The van der Waals surface area contributed by atoms with Crippen molar-refractivity contribution in [3.63, 3.8) is 0 Å². The number of carbonyl (C=O) groups is 1. The van der Waals surface area contributed by atoms with Gasteiger partial charge in [-0.3, -0.25) is 15.0 Å². The topological polar surface area (TPSA) is 62.6 Å². The maximum Gasteiger partial charge on any atom is 0.337 e. The van der Waals surface area contributed by atoms with Crippen molar-refractivity contribution in [2.24, 2.45) is 0 Å². The van der Waals surface area contributed by atoms with Crippen molar-refractivity contribution in [3.8, 4) is 0 Å². The molecule has 0 saturated carbocycles. The lowest BCUT2D eigenvalue weighted by Crippen LogP contribution is -2.41. The summed E-state index contributed by atoms with van der Waals surface area (Å²) in [6.07, 6.45) is 3.00. The van der Waals surface area contributed by atoms with Gasteiger partial charge >= 0.3 is 12.3 Å². The molecule has 0 fully saturated rings. The number of rotatable bonds is 4. The fraction of sp³-hybridized carbons (Fsp3) is 0. The van der Waals surface area contributed by atoms with Crippen LogP contribution in [0, 0.1) is 0 Å². The second-order valence-electron chi connectivity index (χ2n) is 3.18. The molecule has 1 aromatic carbocycles. The number of carbonyl (C=O) groups excluding carboxylic acids is 2. The number of hydrazine groups is 1. The molecule has 0 aliphatic carbocycles. The molecule has 0 aliphatic heterocycles. The van der Waals surface area contributed by atoms with Gasteiger partial charge in [0.15, 0.2) is 5.76 Å². The van der Waals surface area contributed by atoms with E-state index in [4.69, 9.17) is 4.42 Å². The predicted molar refractivity (Wildman–Crippen MR) is 60.8 cm³/mol. The van der Waals surface area contributed by atoms with Crippen LogP contribution in [0.15, 0.2) is 53.1 Å². The van der Waals surface area contributed by atoms with Crippen LogP contribution in [-0.2, 0) is 4.79 Å². The summed E-state index contributed by atoms with van der Waals surface area (Å²) in [5.41, 5.74) is 2.88. The Bertz CT molecular complexity index is 494. The average Bonchev–Trinajstić information content (AvgIpc) is 2.90. The molecule has 0 saturated heterocycles. The molecule has 0 spiro atoms. The molecule has 5 heteroatoms. The second-order valence-corrected chi connectivity index (χ2v) is 3.18. The van der Waals surface area contributed by atoms with Crippen molar-refractivity contribution in [2.75, 3.05) is 5.01 Å². The first-order chi connectivity index (χ1) is 8.31. The minimum Gasteiger partial charge on any atom is -0.459 e. The van der Waals surface area contributed by atoms with Crippen LogP contribution < -0.4 is 10.4 Å². The molecule has 0 atom stereocenters. The van der Waals surface area contributed by atoms with Crippen molar-refractivity contribution in [2.45, 2.75) is 0 Å². The Kier molecular flexibility index (Phi) is 3.20. The maximum atomic E-state index is 11.6. The van der Waals surface area contributed by atoms with E-state index in [-0.39, 0.29) is 5.76 Å². The van der Waals surface area contributed by atoms with Crippen LogP contribution in [0.1, 0.15) is 10.6 Å². The Labute approximate surface area is 97.6 Å². The van der Waals surface area contributed by atoms with E-state index in [2.05, 4.69) is 5.43 Å². The molecule has 0 aliphatic rings. The Morgan fingerprint density at radius 1 is 1.18 bits per heavy atom. The molecule has 1 aromatic heterocycles. The number of amides is 2. The molecular weight excluding hydrogens is 220 g/mol. The number of nitrogens with zero attached hydrogens (tertiary/aromatic N) is 1. The van der Waals surface area contributed by atoms with Gasteiger partial charge in [-0.15, -0.1) is 0 Å². The first-order valence-electron chi connectivity index (χ1n) is 4.88. The number of furan rings is 1. The highest BCUT2D eigenvalue weighted by molar-refractivity contribution is 5.95. The summed E-state index contributed by atoms with van der Waals surface area (Å²) < 4.78 is 4.91. The quantitative estimate of drug-likeness (QED) is 0.638. The number of benzene rings is 1. The molecule has 1 radical (unpaired) electrons. The lowest BCUT2D eigenvalue weighted by Gasteiger charge is -2.16. The van der Waals surface area contributed by atoms with Crippen LogP contribution in [0.4, 0.5) is 5.69 Å². The van der Waals surface area contributed by atoms with Gasteiger partial charge in [0.05, 0.1) is 12.0 Å². The van der Waals surface area contributed by atoms with E-state index < -0.39 is 5.91 Å². The maximum absolute atomic E-state index is 11.6. The Morgan fingerprint density at radius 3 is 2.53 bits per heavy atom. The van der Waals surface area contributed by atoms with E-state index in [0.29, 0.717) is 5.69 Å². The summed E-state index contributed by atoms with van der Waals surface area (Å²) in [5, 5.41) is 0.963. The molecule has 5 nitrogen and oxygen atoms in total. The van der Waals surface area contributed by atoms with E-state index >= 15 is 0 Å². The number of anilines is 1. The zero-order valence-electron chi connectivity index (χ0n) is 8.79. The Hall–Kier alpha value is -2.56. The first-order valence-corrected chi connectivity index (χ1v) is 4.88. The van der Waals surface area contributed by atoms with Gasteiger partial charge in [0.25, 0.3) is 0 Å². The molecule has 2 aromatic rings. The minimum atomic E-state index is -0.512. The third kappa shape index (κ3) is 2.52. The molecule has 0 unspecified atom stereocenters. The normalized spacial score (nSPS) is 9.65. The fourth-order valence-corrected chi connectivity index (χ4v) is 1.28. The average molecular weight is 229 g/mol. The van der Waals surface area contributed by atoms with Crippen LogP contribution in [0.3, 0.4) is 0 Å². The molecule has 2 rings (SSSR count). The molecule has 17 heavy (non-hydrogen) atoms. The largest absolute Gasteiger partial charge is 0.459 e. The standard InChI is InChI=1S/C12H9N2O3/c15-9-14(10-5-2-1-3-6-10)13-12(16)11-7-4-8-17-11/h1-8H,(H,13,16). The zero-order valence-corrected chi connectivity index (χ0v) is 8.79. The van der Waals surface area contributed by atoms with E-state index in [1.54, 1.807) is 42.8 Å². The second kappa shape index (κ2) is 4.98. The molecule has 2 amide bonds. The van der Waals surface area contributed by atoms with E-state index in [9.17, 15) is 9.59 Å². The van der Waals surface area contributed by atoms with E-state index in [0.717, 1.165) is 5.01 Å². The van der Waals surface area contributed by atoms with Crippen molar-refractivity contribution < 1.29 is 14.0 Å². The van der Waals surface area contributed by atoms with Crippen LogP contribution in [0.2, 0.25) is 0 Å². The smallest absolute Gasteiger partial charge is 0.337 e. The lowest BCUT2D eigenvalue weighted by molar-refractivity contribution is 0.0927. The van der Waals surface area contributed by atoms with Crippen molar-refractivity contribution in [1.29, 1.82) is 0 Å². The Balaban J connectivity index is 2.11. The van der Waals surface area contributed by atoms with Gasteiger partial charge in [-0.25, -0.2) is 5.01 Å². The van der Waals surface area contributed by atoms with Gasteiger partial charge in [0, 0.05) is 0 Å². The van der Waals surface area contributed by atoms with Gasteiger partial charge in [-0.1, -0.05) is 18.2 Å². The number of hydrogen-bond donors (Lipinski definition) is 1. The fourth-order valence-electron chi connectivity index (χ4n) is 1.28. The third-order valence-electron chi connectivity index (χ3n) is 2.06. The number of hydrogen-bond acceptors (Lipinski definition) is 3. The zero-order chi connectivity index (χ0) is 12.1. The molecule has 1 N–H and O–H groups in total. The van der Waals surface area contributed by atoms with Crippen LogP contribution in [-0.4, -0.2) is 12.3 Å². The third-order valence-corrected chi connectivity index (χ3v) is 2.06. The predicted octanol–water partition coefficient (Wildman–Crippen LogP) is 1.50. The van der Waals surface area contributed by atoms with E-state index in [1.807, 2.05) is 0 Å². The van der Waals surface area contributed by atoms with Crippen molar-refractivity contribution in [1.82, 2.24) is 5.43 Å². The van der Waals surface area contributed by atoms with Gasteiger partial charge in [-0.05, 0) is 24.3 Å². The summed E-state index contributed by atoms with van der Waals surface area (Å²) >= 11 is 0. The highest BCUT2D eigenvalue weighted by Gasteiger charge is 2.13. The van der Waals surface area contributed by atoms with E-state index in [1.165, 1.54) is 12.3 Å². The molecule has 0 bridgehead atoms. The number of para-hydroxylation sites is 1. The summed E-state index contributed by atoms with van der Waals surface area (Å²) in [4.78, 5) is 22.4. The SMILES string of the molecule is O=[C]N(NC(=O)c1ccco1)c1ccccc1. The first kappa shape index (κ1) is 10.9. The molecule has 85 valence electrons. The van der Waals surface area contributed by atoms with Gasteiger partial charge < -0.3 is 4.42 Å². The molecule has 1 heterocycles. The number of nitrogens with one attached hydrogen (secondary N) is 1. The van der Waals surface area contributed by atoms with Crippen molar-refractivity contribution in [3.05, 3.63) is 54.5 Å². The lowest BCUT2D eigenvalue weighted by atomic mass is 10.3. The molecular formula is C12H9N2O3. The van der Waals surface area contributed by atoms with Crippen LogP contribution in [0.25, 0.3) is 0 Å². The van der Waals surface area contributed by atoms with Gasteiger partial charge in [0.1, 0.15) is 0 Å². The summed E-state index contributed by atoms with van der Waals surface area (Å²) in [6, 6.07) is 11.7.